The smallest absolute Gasteiger partial charge is 0.165 e. The maximum atomic E-state index is 7.02. The summed E-state index contributed by atoms with van der Waals surface area (Å²) >= 11 is 2.00. The Morgan fingerprint density at radius 3 is 2.90 bits per heavy atom. The van der Waals surface area contributed by atoms with Crippen LogP contribution in [0.15, 0.2) is 41.3 Å². The quantitative estimate of drug-likeness (QED) is 0.700. The van der Waals surface area contributed by atoms with Crippen molar-refractivity contribution in [2.24, 2.45) is 5.92 Å². The molecule has 1 saturated heterocycles. The lowest BCUT2D eigenvalue weighted by atomic mass is 9.51. The fourth-order valence-corrected chi connectivity index (χ4v) is 8.73. The van der Waals surface area contributed by atoms with Crippen molar-refractivity contribution in [1.29, 1.82) is 0 Å². The summed E-state index contributed by atoms with van der Waals surface area (Å²) < 4.78 is 12.8. The van der Waals surface area contributed by atoms with Crippen LogP contribution in [0.1, 0.15) is 30.4 Å². The number of likely N-dealkylation sites (N-methyl/N-ethyl adjacent to an activating group) is 1. The summed E-state index contributed by atoms with van der Waals surface area (Å²) in [5.41, 5.74) is 4.56. The highest BCUT2D eigenvalue weighted by molar-refractivity contribution is 7.99. The van der Waals surface area contributed by atoms with Gasteiger partial charge in [0, 0.05) is 34.2 Å². The molecule has 0 amide bonds. The average molecular weight is 435 g/mol. The Hall–Kier alpha value is -1.85. The number of rotatable bonds is 2. The Morgan fingerprint density at radius 1 is 1.10 bits per heavy atom. The zero-order valence-corrected chi connectivity index (χ0v) is 19.2. The molecular weight excluding hydrogens is 404 g/mol. The fraction of sp³-hybridized carbons (Fsp3) is 0.538. The lowest BCUT2D eigenvalue weighted by molar-refractivity contribution is -0.0523. The second-order valence-corrected chi connectivity index (χ2v) is 11.1. The van der Waals surface area contributed by atoms with Crippen LogP contribution in [0.5, 0.6) is 11.5 Å². The molecule has 2 aromatic rings. The van der Waals surface area contributed by atoms with Gasteiger partial charge in [-0.05, 0) is 69.0 Å². The van der Waals surface area contributed by atoms with Crippen molar-refractivity contribution in [2.75, 3.05) is 37.9 Å². The highest BCUT2D eigenvalue weighted by Gasteiger charge is 2.66. The number of benzene rings is 2. The lowest BCUT2D eigenvalue weighted by Crippen LogP contribution is -2.68. The van der Waals surface area contributed by atoms with Gasteiger partial charge in [-0.25, -0.2) is 0 Å². The Bertz CT molecular complexity index is 1060. The van der Waals surface area contributed by atoms with E-state index in [0.717, 1.165) is 36.8 Å². The molecule has 0 N–H and O–H groups in total. The molecule has 4 nitrogen and oxygen atoms in total. The Morgan fingerprint density at radius 2 is 2.00 bits per heavy atom. The third-order valence-corrected chi connectivity index (χ3v) is 9.98. The molecule has 2 aliphatic carbocycles. The van der Waals surface area contributed by atoms with Crippen LogP contribution < -0.4 is 14.4 Å². The van der Waals surface area contributed by atoms with Gasteiger partial charge in [0.05, 0.1) is 18.8 Å². The second kappa shape index (κ2) is 6.58. The zero-order valence-electron chi connectivity index (χ0n) is 18.3. The summed E-state index contributed by atoms with van der Waals surface area (Å²) in [6.07, 6.45) is 5.07. The maximum absolute atomic E-state index is 7.02. The van der Waals surface area contributed by atoms with Crippen molar-refractivity contribution in [3.63, 3.8) is 0 Å². The molecule has 0 unspecified atom stereocenters. The van der Waals surface area contributed by atoms with E-state index in [2.05, 4.69) is 53.2 Å². The predicted molar refractivity (Wildman–Crippen MR) is 125 cm³/mol. The monoisotopic (exact) mass is 434 g/mol. The molecule has 31 heavy (non-hydrogen) atoms. The topological polar surface area (TPSA) is 24.9 Å². The van der Waals surface area contributed by atoms with Crippen molar-refractivity contribution in [3.05, 3.63) is 47.5 Å². The van der Waals surface area contributed by atoms with Crippen molar-refractivity contribution in [3.8, 4) is 11.5 Å². The maximum Gasteiger partial charge on any atom is 0.165 e. The highest BCUT2D eigenvalue weighted by Crippen LogP contribution is 2.64. The molecule has 2 fully saturated rings. The number of anilines is 1. The minimum absolute atomic E-state index is 0.136. The number of methoxy groups -OCH3 is 1. The minimum atomic E-state index is 0.136. The molecule has 5 heteroatoms. The van der Waals surface area contributed by atoms with Crippen molar-refractivity contribution in [1.82, 2.24) is 4.90 Å². The first-order valence-corrected chi connectivity index (χ1v) is 12.8. The number of nitrogens with zero attached hydrogens (tertiary/aromatic N) is 2. The van der Waals surface area contributed by atoms with E-state index >= 15 is 0 Å². The lowest BCUT2D eigenvalue weighted by Gasteiger charge is -2.60. The summed E-state index contributed by atoms with van der Waals surface area (Å²) in [6.45, 7) is 2.27. The highest BCUT2D eigenvalue weighted by atomic mass is 32.2. The van der Waals surface area contributed by atoms with E-state index in [0.29, 0.717) is 18.0 Å². The molecule has 1 spiro atoms. The third kappa shape index (κ3) is 2.32. The van der Waals surface area contributed by atoms with E-state index in [-0.39, 0.29) is 11.5 Å². The van der Waals surface area contributed by atoms with Gasteiger partial charge in [0.1, 0.15) is 6.10 Å². The minimum Gasteiger partial charge on any atom is -0.493 e. The Labute approximate surface area is 188 Å². The predicted octanol–water partition coefficient (Wildman–Crippen LogP) is 4.35. The van der Waals surface area contributed by atoms with Gasteiger partial charge in [-0.1, -0.05) is 18.2 Å². The van der Waals surface area contributed by atoms with Crippen LogP contribution in [0.4, 0.5) is 5.69 Å². The third-order valence-electron chi connectivity index (χ3n) is 8.93. The van der Waals surface area contributed by atoms with Gasteiger partial charge < -0.3 is 19.3 Å². The summed E-state index contributed by atoms with van der Waals surface area (Å²) in [7, 11) is 4.12. The van der Waals surface area contributed by atoms with E-state index in [1.54, 1.807) is 7.11 Å². The number of piperidine rings is 1. The molecule has 5 atom stereocenters. The molecule has 0 aromatic heterocycles. The number of hydrogen-bond acceptors (Lipinski definition) is 5. The van der Waals surface area contributed by atoms with Gasteiger partial charge in [-0.15, -0.1) is 11.8 Å². The summed E-state index contributed by atoms with van der Waals surface area (Å²) in [5, 5.41) is 0. The summed E-state index contributed by atoms with van der Waals surface area (Å²) in [5.74, 6) is 3.82. The second-order valence-electron chi connectivity index (χ2n) is 9.97. The van der Waals surface area contributed by atoms with Crippen LogP contribution in [0.2, 0.25) is 0 Å². The molecular formula is C26H30N2O2S. The van der Waals surface area contributed by atoms with Crippen molar-refractivity contribution in [2.45, 2.75) is 54.2 Å². The largest absolute Gasteiger partial charge is 0.493 e. The van der Waals surface area contributed by atoms with E-state index in [1.165, 1.54) is 41.0 Å². The van der Waals surface area contributed by atoms with Gasteiger partial charge >= 0.3 is 0 Å². The first-order valence-electron chi connectivity index (χ1n) is 11.8. The van der Waals surface area contributed by atoms with Crippen molar-refractivity contribution < 1.29 is 9.47 Å². The van der Waals surface area contributed by atoms with Crippen molar-refractivity contribution >= 4 is 17.4 Å². The molecule has 7 rings (SSSR count). The van der Waals surface area contributed by atoms with E-state index < -0.39 is 0 Å². The van der Waals surface area contributed by atoms with Crippen LogP contribution in [0, 0.1) is 5.92 Å². The van der Waals surface area contributed by atoms with Crippen LogP contribution in [-0.4, -0.2) is 56.1 Å². The van der Waals surface area contributed by atoms with Crippen LogP contribution >= 0.6 is 11.8 Å². The van der Waals surface area contributed by atoms with Gasteiger partial charge in [0.2, 0.25) is 0 Å². The number of hydrogen-bond donors (Lipinski definition) is 0. The number of thioether (sulfide) groups is 1. The van der Waals surface area contributed by atoms with E-state index in [4.69, 9.17) is 9.47 Å². The Kier molecular flexibility index (Phi) is 3.97. The first-order chi connectivity index (χ1) is 15.2. The number of para-hydroxylation sites is 1. The molecule has 1 saturated carbocycles. The van der Waals surface area contributed by atoms with E-state index in [1.807, 2.05) is 11.8 Å². The number of fused-ring (bicyclic) bond motifs is 1. The normalized spacial score (nSPS) is 35.2. The summed E-state index contributed by atoms with van der Waals surface area (Å²) in [6, 6.07) is 14.5. The molecule has 2 bridgehead atoms. The SMILES string of the molecule is COc1ccc2c3c1O[C@H]1[C@H](N4CCSc5ccccc54)CC[C@H]4[C@H](C2)N(C)CC[C@@]341. The van der Waals surface area contributed by atoms with Crippen LogP contribution in [0.25, 0.3) is 0 Å². The average Bonchev–Trinajstić information content (AvgIpc) is 3.16. The van der Waals surface area contributed by atoms with Gasteiger partial charge in [-0.3, -0.25) is 0 Å². The van der Waals surface area contributed by atoms with Crippen LogP contribution in [0.3, 0.4) is 0 Å². The number of ether oxygens (including phenoxy) is 2. The standard InChI is InChI=1S/C26H30N2O2S/c1-27-12-11-26-17-8-9-19(28-13-14-31-22-6-4-3-5-18(22)28)25(26)30-24-21(29-2)10-7-16(23(24)26)15-20(17)27/h3-7,10,17,19-20,25H,8-9,11-15H2,1-2H3/t17-,19+,20-,25-,26-/m0/s1. The molecule has 3 heterocycles. The van der Waals surface area contributed by atoms with E-state index in [9.17, 15) is 0 Å². The Balaban J connectivity index is 1.40. The van der Waals surface area contributed by atoms with Crippen LogP contribution in [-0.2, 0) is 11.8 Å². The zero-order chi connectivity index (χ0) is 20.7. The molecule has 3 aliphatic heterocycles. The number of likely N-dealkylation sites (tertiary alicyclic amines) is 1. The molecule has 2 aromatic carbocycles. The van der Waals surface area contributed by atoms with Gasteiger partial charge in [-0.2, -0.15) is 0 Å². The molecule has 0 radical (unpaired) electrons. The molecule has 5 aliphatic rings. The first kappa shape index (κ1) is 18.7. The fourth-order valence-electron chi connectivity index (χ4n) is 7.72. The van der Waals surface area contributed by atoms with Gasteiger partial charge in [0.15, 0.2) is 11.5 Å². The van der Waals surface area contributed by atoms with Gasteiger partial charge in [0.25, 0.3) is 0 Å². The molecule has 162 valence electrons. The summed E-state index contributed by atoms with van der Waals surface area (Å²) in [4.78, 5) is 6.75.